The summed E-state index contributed by atoms with van der Waals surface area (Å²) < 4.78 is 79.3. The van der Waals surface area contributed by atoms with Gasteiger partial charge in [0.2, 0.25) is 5.95 Å². The fourth-order valence-electron chi connectivity index (χ4n) is 2.32. The van der Waals surface area contributed by atoms with E-state index in [1.807, 2.05) is 22.6 Å². The van der Waals surface area contributed by atoms with Crippen LogP contribution in [0.1, 0.15) is 34.6 Å². The normalized spacial score (nSPS) is 13.5. The Morgan fingerprint density at radius 1 is 1.15 bits per heavy atom. The molecule has 1 aromatic carbocycles. The minimum absolute atomic E-state index is 0.0738. The Hall–Kier alpha value is -1.79. The molecule has 11 heteroatoms. The number of aromatic nitrogens is 2. The topological polar surface area (TPSA) is 46.9 Å². The maximum Gasteiger partial charge on any atom is 0.418 e. The van der Waals surface area contributed by atoms with Crippen LogP contribution in [-0.4, -0.2) is 9.55 Å². The van der Waals surface area contributed by atoms with Crippen molar-refractivity contribution in [1.29, 1.82) is 0 Å². The number of halogens is 7. The number of hydrogen-bond acceptors (Lipinski definition) is 3. The summed E-state index contributed by atoms with van der Waals surface area (Å²) in [6.07, 6.45) is -9.71. The van der Waals surface area contributed by atoms with E-state index in [4.69, 9.17) is 0 Å². The molecule has 1 atom stereocenters. The lowest BCUT2D eigenvalue weighted by atomic mass is 10.1. The molecule has 1 unspecified atom stereocenters. The van der Waals surface area contributed by atoms with Crippen LogP contribution in [0.5, 0.6) is 0 Å². The minimum Gasteiger partial charge on any atom is -0.325 e. The summed E-state index contributed by atoms with van der Waals surface area (Å²) in [6, 6.07) is 2.31. The van der Waals surface area contributed by atoms with E-state index in [2.05, 4.69) is 10.3 Å². The largest absolute Gasteiger partial charge is 0.418 e. The summed E-state index contributed by atoms with van der Waals surface area (Å²) in [5.74, 6) is -0.256. The van der Waals surface area contributed by atoms with Crippen LogP contribution in [-0.2, 0) is 18.9 Å². The van der Waals surface area contributed by atoms with Crippen LogP contribution in [0.2, 0.25) is 0 Å². The number of benzene rings is 1. The van der Waals surface area contributed by atoms with Gasteiger partial charge in [-0.05, 0) is 32.0 Å². The molecule has 0 saturated carbocycles. The van der Waals surface area contributed by atoms with Gasteiger partial charge in [-0.3, -0.25) is 9.36 Å². The van der Waals surface area contributed by atoms with Gasteiger partial charge < -0.3 is 5.32 Å². The zero-order valence-electron chi connectivity index (χ0n) is 14.0. The van der Waals surface area contributed by atoms with Crippen LogP contribution in [0.15, 0.2) is 29.1 Å². The summed E-state index contributed by atoms with van der Waals surface area (Å²) in [5, 5.41) is 2.28. The average Bonchev–Trinajstić information content (AvgIpc) is 2.52. The highest BCUT2D eigenvalue weighted by Crippen LogP contribution is 2.39. The molecule has 0 aliphatic heterocycles. The van der Waals surface area contributed by atoms with Crippen molar-refractivity contribution in [3.05, 3.63) is 51.4 Å². The van der Waals surface area contributed by atoms with Crippen molar-refractivity contribution in [2.75, 3.05) is 5.32 Å². The van der Waals surface area contributed by atoms with Crippen LogP contribution >= 0.6 is 22.6 Å². The third-order valence-corrected chi connectivity index (χ3v) is 4.29. The van der Waals surface area contributed by atoms with Crippen LogP contribution in [0, 0.1) is 0 Å². The van der Waals surface area contributed by atoms with Crippen molar-refractivity contribution in [2.45, 2.75) is 36.7 Å². The quantitative estimate of drug-likeness (QED) is 0.338. The van der Waals surface area contributed by atoms with Crippen molar-refractivity contribution in [3.63, 3.8) is 0 Å². The number of alkyl halides is 7. The second-order valence-corrected chi connectivity index (χ2v) is 7.45. The summed E-state index contributed by atoms with van der Waals surface area (Å²) in [7, 11) is 0. The first-order chi connectivity index (χ1) is 12.3. The highest BCUT2D eigenvalue weighted by atomic mass is 127. The molecule has 0 amide bonds. The SMILES string of the molecule is CCn1c(Nc2cc(C(F)(F)F)ccc2C(F)(F)F)nc(C(C)I)cc1=O. The van der Waals surface area contributed by atoms with Gasteiger partial charge >= 0.3 is 12.4 Å². The number of nitrogens with zero attached hydrogens (tertiary/aromatic N) is 2. The van der Waals surface area contributed by atoms with E-state index in [0.29, 0.717) is 23.9 Å². The molecule has 1 heterocycles. The number of rotatable bonds is 4. The van der Waals surface area contributed by atoms with Gasteiger partial charge in [0.1, 0.15) is 0 Å². The molecule has 0 fully saturated rings. The van der Waals surface area contributed by atoms with Crippen LogP contribution in [0.25, 0.3) is 0 Å². The van der Waals surface area contributed by atoms with Crippen molar-refractivity contribution < 1.29 is 26.3 Å². The standard InChI is InChI=1S/C16H14F6IN3O/c1-3-26-13(27)7-11(8(2)23)24-14(26)25-12-6-9(15(17,18)19)4-5-10(12)16(20,21)22/h4-8H,3H2,1-2H3,(H,24,25). The molecule has 0 spiro atoms. The third kappa shape index (κ3) is 4.93. The minimum atomic E-state index is -4.89. The Labute approximate surface area is 163 Å². The van der Waals surface area contributed by atoms with Gasteiger partial charge in [0.05, 0.1) is 26.4 Å². The smallest absolute Gasteiger partial charge is 0.325 e. The lowest BCUT2D eigenvalue weighted by Gasteiger charge is -2.19. The maximum atomic E-state index is 13.2. The van der Waals surface area contributed by atoms with Gasteiger partial charge in [-0.2, -0.15) is 26.3 Å². The van der Waals surface area contributed by atoms with Gasteiger partial charge in [-0.25, -0.2) is 4.98 Å². The van der Waals surface area contributed by atoms with Gasteiger partial charge in [0.25, 0.3) is 5.56 Å². The fraction of sp³-hybridized carbons (Fsp3) is 0.375. The Morgan fingerprint density at radius 2 is 1.78 bits per heavy atom. The molecule has 148 valence electrons. The second kappa shape index (κ2) is 7.68. The first-order valence-corrected chi connectivity index (χ1v) is 8.90. The molecule has 0 saturated heterocycles. The Bertz CT molecular complexity index is 889. The molecule has 0 aliphatic carbocycles. The van der Waals surface area contributed by atoms with E-state index in [1.165, 1.54) is 6.07 Å². The van der Waals surface area contributed by atoms with E-state index in [9.17, 15) is 31.1 Å². The van der Waals surface area contributed by atoms with Crippen LogP contribution in [0.4, 0.5) is 38.0 Å². The summed E-state index contributed by atoms with van der Waals surface area (Å²) in [4.78, 5) is 16.3. The van der Waals surface area contributed by atoms with E-state index < -0.39 is 34.7 Å². The lowest BCUT2D eigenvalue weighted by molar-refractivity contribution is -0.140. The van der Waals surface area contributed by atoms with E-state index >= 15 is 0 Å². The van der Waals surface area contributed by atoms with Crippen molar-refractivity contribution in [1.82, 2.24) is 9.55 Å². The second-order valence-electron chi connectivity index (χ2n) is 5.58. The first-order valence-electron chi connectivity index (χ1n) is 7.66. The van der Waals surface area contributed by atoms with Crippen LogP contribution in [0.3, 0.4) is 0 Å². The Kier molecular flexibility index (Phi) is 6.12. The summed E-state index contributed by atoms with van der Waals surface area (Å²) >= 11 is 1.96. The predicted molar refractivity (Wildman–Crippen MR) is 96.3 cm³/mol. The molecular weight excluding hydrogens is 491 g/mol. The first kappa shape index (κ1) is 21.5. The molecule has 1 N–H and O–H groups in total. The third-order valence-electron chi connectivity index (χ3n) is 3.65. The maximum absolute atomic E-state index is 13.2. The van der Waals surface area contributed by atoms with E-state index in [0.717, 1.165) is 4.57 Å². The van der Waals surface area contributed by atoms with Gasteiger partial charge in [0.15, 0.2) is 0 Å². The van der Waals surface area contributed by atoms with Gasteiger partial charge in [-0.1, -0.05) is 22.6 Å². The van der Waals surface area contributed by atoms with Crippen molar-refractivity contribution in [2.24, 2.45) is 0 Å². The molecule has 1 aromatic heterocycles. The number of hydrogen-bond donors (Lipinski definition) is 1. The monoisotopic (exact) mass is 505 g/mol. The molecular formula is C16H14F6IN3O. The fourth-order valence-corrected chi connectivity index (χ4v) is 2.64. The summed E-state index contributed by atoms with van der Waals surface area (Å²) in [5.41, 5.74) is -3.59. The van der Waals surface area contributed by atoms with Crippen LogP contribution < -0.4 is 10.9 Å². The van der Waals surface area contributed by atoms with E-state index in [-0.39, 0.29) is 16.4 Å². The van der Waals surface area contributed by atoms with Gasteiger partial charge in [-0.15, -0.1) is 0 Å². The highest BCUT2D eigenvalue weighted by Gasteiger charge is 2.37. The molecule has 2 rings (SSSR count). The average molecular weight is 505 g/mol. The Morgan fingerprint density at radius 3 is 2.26 bits per heavy atom. The molecule has 4 nitrogen and oxygen atoms in total. The van der Waals surface area contributed by atoms with Crippen molar-refractivity contribution >= 4 is 34.2 Å². The highest BCUT2D eigenvalue weighted by molar-refractivity contribution is 14.1. The van der Waals surface area contributed by atoms with Crippen molar-refractivity contribution in [3.8, 4) is 0 Å². The molecule has 2 aromatic rings. The van der Waals surface area contributed by atoms with E-state index in [1.54, 1.807) is 13.8 Å². The Balaban J connectivity index is 2.67. The zero-order valence-corrected chi connectivity index (χ0v) is 16.2. The summed E-state index contributed by atoms with van der Waals surface area (Å²) in [6.45, 7) is 3.36. The molecule has 0 bridgehead atoms. The number of nitrogens with one attached hydrogen (secondary N) is 1. The van der Waals surface area contributed by atoms with Gasteiger partial charge in [0, 0.05) is 12.6 Å². The molecule has 0 aliphatic rings. The lowest BCUT2D eigenvalue weighted by Crippen LogP contribution is -2.24. The predicted octanol–water partition coefficient (Wildman–Crippen LogP) is 5.54. The number of anilines is 2. The zero-order chi connectivity index (χ0) is 20.6. The molecule has 0 radical (unpaired) electrons. The molecule has 27 heavy (non-hydrogen) atoms.